The minimum atomic E-state index is 0. The van der Waals surface area contributed by atoms with Gasteiger partial charge in [0.25, 0.3) is 0 Å². The van der Waals surface area contributed by atoms with Crippen molar-refractivity contribution in [2.24, 2.45) is 0 Å². The molecule has 0 radical (unpaired) electrons. The van der Waals surface area contributed by atoms with Crippen molar-refractivity contribution < 1.29 is 36.0 Å². The molecule has 0 aliphatic rings. The van der Waals surface area contributed by atoms with Crippen molar-refractivity contribution in [3.05, 3.63) is 108 Å². The van der Waals surface area contributed by atoms with Gasteiger partial charge in [-0.1, -0.05) is 29.3 Å². The fourth-order valence-corrected chi connectivity index (χ4v) is 3.37. The molecule has 0 spiro atoms. The SMILES string of the molecule is COc1ccc(/C(=C/c2ccc(OC)c(OC)c2OC)[c-]2cccc2)cc1.[Fe+2].c1cc[cH-]c1. The fraction of sp³-hybridized carbons (Fsp3) is 0.143. The molecule has 0 bridgehead atoms. The zero-order chi connectivity index (χ0) is 22.8. The Bertz CT molecular complexity index is 1080. The second kappa shape index (κ2) is 13.2. The molecule has 4 aromatic rings. The van der Waals surface area contributed by atoms with Gasteiger partial charge in [-0.3, -0.25) is 0 Å². The van der Waals surface area contributed by atoms with Crippen molar-refractivity contribution >= 4 is 11.6 Å². The van der Waals surface area contributed by atoms with Crippen LogP contribution in [0.2, 0.25) is 0 Å². The van der Waals surface area contributed by atoms with E-state index in [1.54, 1.807) is 28.4 Å². The molecule has 0 atom stereocenters. The van der Waals surface area contributed by atoms with E-state index in [1.165, 1.54) is 0 Å². The van der Waals surface area contributed by atoms with Gasteiger partial charge in [-0.25, -0.2) is 12.1 Å². The quantitative estimate of drug-likeness (QED) is 0.172. The van der Waals surface area contributed by atoms with Crippen LogP contribution in [0.15, 0.2) is 91.0 Å². The average Bonchev–Trinajstić information content (AvgIpc) is 3.59. The molecule has 33 heavy (non-hydrogen) atoms. The topological polar surface area (TPSA) is 36.9 Å². The van der Waals surface area contributed by atoms with E-state index in [-0.39, 0.29) is 17.1 Å². The molecule has 0 aliphatic carbocycles. The monoisotopic (exact) mass is 484 g/mol. The standard InChI is InChI=1S/C23H23O4.C5H5.Fe/c1-24-19-12-9-17(10-13-19)20(16-7-5-6-8-16)15-18-11-14-21(25-2)23(27-4)22(18)26-3;1-2-4-5-3-1;/h5-15H,1-4H3;1-5H;/q2*-1;+2/b20-15+;;. The van der Waals surface area contributed by atoms with Crippen LogP contribution in [0.4, 0.5) is 0 Å². The molecule has 0 fully saturated rings. The van der Waals surface area contributed by atoms with Gasteiger partial charge in [0, 0.05) is 0 Å². The Morgan fingerprint density at radius 3 is 1.85 bits per heavy atom. The summed E-state index contributed by atoms with van der Waals surface area (Å²) in [5.74, 6) is 2.66. The molecule has 0 saturated carbocycles. The van der Waals surface area contributed by atoms with E-state index in [0.29, 0.717) is 17.2 Å². The second-order valence-electron chi connectivity index (χ2n) is 6.85. The molecule has 4 nitrogen and oxygen atoms in total. The van der Waals surface area contributed by atoms with Gasteiger partial charge >= 0.3 is 17.1 Å². The number of hydrogen-bond acceptors (Lipinski definition) is 4. The van der Waals surface area contributed by atoms with E-state index in [9.17, 15) is 0 Å². The molecule has 0 heterocycles. The Kier molecular flexibility index (Phi) is 10.4. The van der Waals surface area contributed by atoms with Crippen LogP contribution < -0.4 is 18.9 Å². The van der Waals surface area contributed by atoms with E-state index in [1.807, 2.05) is 78.9 Å². The predicted molar refractivity (Wildman–Crippen MR) is 130 cm³/mol. The van der Waals surface area contributed by atoms with Gasteiger partial charge < -0.3 is 18.9 Å². The summed E-state index contributed by atoms with van der Waals surface area (Å²) in [6, 6.07) is 30.1. The number of rotatable bonds is 7. The molecule has 0 N–H and O–H groups in total. The second-order valence-corrected chi connectivity index (χ2v) is 6.85. The van der Waals surface area contributed by atoms with Crippen LogP contribution in [0.5, 0.6) is 23.0 Å². The Morgan fingerprint density at radius 2 is 1.36 bits per heavy atom. The third-order valence-electron chi connectivity index (χ3n) is 4.96. The maximum absolute atomic E-state index is 5.63. The first-order valence-electron chi connectivity index (χ1n) is 10.3. The van der Waals surface area contributed by atoms with E-state index < -0.39 is 0 Å². The number of ether oxygens (including phenoxy) is 4. The molecular weight excluding hydrogens is 456 g/mol. The average molecular weight is 484 g/mol. The number of methoxy groups -OCH3 is 4. The molecule has 5 heteroatoms. The van der Waals surface area contributed by atoms with E-state index in [2.05, 4.69) is 18.2 Å². The molecule has 0 aliphatic heterocycles. The van der Waals surface area contributed by atoms with Gasteiger partial charge in [0.2, 0.25) is 5.75 Å². The van der Waals surface area contributed by atoms with E-state index in [0.717, 1.165) is 28.0 Å². The van der Waals surface area contributed by atoms with Crippen molar-refractivity contribution in [3.63, 3.8) is 0 Å². The first-order valence-corrected chi connectivity index (χ1v) is 10.3. The Hall–Kier alpha value is -3.40. The van der Waals surface area contributed by atoms with Gasteiger partial charge in [-0.15, -0.1) is 23.8 Å². The van der Waals surface area contributed by atoms with Crippen LogP contribution in [-0.4, -0.2) is 28.4 Å². The molecule has 0 amide bonds. The van der Waals surface area contributed by atoms with Crippen LogP contribution in [0, 0.1) is 0 Å². The van der Waals surface area contributed by atoms with Gasteiger partial charge in [0.15, 0.2) is 11.5 Å². The molecule has 0 aromatic heterocycles. The summed E-state index contributed by atoms with van der Waals surface area (Å²) in [5, 5.41) is 0. The van der Waals surface area contributed by atoms with Crippen molar-refractivity contribution in [1.29, 1.82) is 0 Å². The molecule has 4 rings (SSSR count). The third kappa shape index (κ3) is 6.55. The molecule has 0 saturated heterocycles. The first-order chi connectivity index (χ1) is 15.7. The smallest absolute Gasteiger partial charge is 0.497 e. The van der Waals surface area contributed by atoms with Gasteiger partial charge in [-0.05, 0) is 23.8 Å². The molecule has 172 valence electrons. The number of benzene rings is 2. The zero-order valence-corrected chi connectivity index (χ0v) is 20.3. The van der Waals surface area contributed by atoms with Crippen LogP contribution >= 0.6 is 0 Å². The van der Waals surface area contributed by atoms with Gasteiger partial charge in [0.05, 0.1) is 28.4 Å². The van der Waals surface area contributed by atoms with Crippen LogP contribution in [0.25, 0.3) is 11.6 Å². The normalized spacial score (nSPS) is 10.4. The van der Waals surface area contributed by atoms with Gasteiger partial charge in [0.1, 0.15) is 5.75 Å². The zero-order valence-electron chi connectivity index (χ0n) is 19.2. The summed E-state index contributed by atoms with van der Waals surface area (Å²) < 4.78 is 21.8. The summed E-state index contributed by atoms with van der Waals surface area (Å²) in [6.45, 7) is 0. The number of hydrogen-bond donors (Lipinski definition) is 0. The van der Waals surface area contributed by atoms with E-state index >= 15 is 0 Å². The minimum absolute atomic E-state index is 0. The van der Waals surface area contributed by atoms with Crippen LogP contribution in [0.1, 0.15) is 16.7 Å². The first kappa shape index (κ1) is 25.9. The maximum atomic E-state index is 5.63. The summed E-state index contributed by atoms with van der Waals surface area (Å²) >= 11 is 0. The Morgan fingerprint density at radius 1 is 0.727 bits per heavy atom. The molecule has 0 unspecified atom stereocenters. The summed E-state index contributed by atoms with van der Waals surface area (Å²) in [5.41, 5.74) is 4.19. The molecular formula is C28H28FeO4. The van der Waals surface area contributed by atoms with Gasteiger partial charge in [-0.2, -0.15) is 30.3 Å². The fourth-order valence-electron chi connectivity index (χ4n) is 3.37. The van der Waals surface area contributed by atoms with Crippen molar-refractivity contribution in [2.75, 3.05) is 28.4 Å². The van der Waals surface area contributed by atoms with Crippen LogP contribution in [0.3, 0.4) is 0 Å². The van der Waals surface area contributed by atoms with Crippen molar-refractivity contribution in [1.82, 2.24) is 0 Å². The van der Waals surface area contributed by atoms with Crippen molar-refractivity contribution in [3.8, 4) is 23.0 Å². The largest absolute Gasteiger partial charge is 2.00 e. The summed E-state index contributed by atoms with van der Waals surface area (Å²) in [7, 11) is 6.51. The van der Waals surface area contributed by atoms with E-state index in [4.69, 9.17) is 18.9 Å². The Balaban J connectivity index is 0.000000568. The van der Waals surface area contributed by atoms with Crippen molar-refractivity contribution in [2.45, 2.75) is 0 Å². The summed E-state index contributed by atoms with van der Waals surface area (Å²) in [4.78, 5) is 0. The predicted octanol–water partition coefficient (Wildman–Crippen LogP) is 6.43. The Labute approximate surface area is 206 Å². The maximum Gasteiger partial charge on any atom is 2.00 e. The molecule has 4 aromatic carbocycles. The van der Waals surface area contributed by atoms with Crippen LogP contribution in [-0.2, 0) is 17.1 Å². The minimum Gasteiger partial charge on any atom is -0.497 e. The summed E-state index contributed by atoms with van der Waals surface area (Å²) in [6.07, 6.45) is 2.10. The third-order valence-corrected chi connectivity index (χ3v) is 4.96.